The van der Waals surface area contributed by atoms with Crippen LogP contribution in [0.5, 0.6) is 5.75 Å². The number of rotatable bonds is 9. The second-order valence-electron chi connectivity index (χ2n) is 6.91. The van der Waals surface area contributed by atoms with Crippen molar-refractivity contribution in [2.24, 2.45) is 5.92 Å². The molecule has 2 N–H and O–H groups in total. The zero-order valence-electron chi connectivity index (χ0n) is 16.0. The van der Waals surface area contributed by atoms with Crippen molar-refractivity contribution >= 4 is 12.2 Å². The Hall–Kier alpha value is -2.94. The van der Waals surface area contributed by atoms with Gasteiger partial charge in [0.25, 0.3) is 0 Å². The molecule has 28 heavy (non-hydrogen) atoms. The summed E-state index contributed by atoms with van der Waals surface area (Å²) in [5.41, 5.74) is 3.60. The van der Waals surface area contributed by atoms with Gasteiger partial charge in [0.05, 0.1) is 11.6 Å². The summed E-state index contributed by atoms with van der Waals surface area (Å²) in [5, 5.41) is 16.2. The topological polar surface area (TPSA) is 70.0 Å². The fraction of sp³-hybridized carbons (Fsp3) is 0.304. The highest BCUT2D eigenvalue weighted by Crippen LogP contribution is 2.20. The first-order valence-electron chi connectivity index (χ1n) is 9.60. The first kappa shape index (κ1) is 19.8. The van der Waals surface area contributed by atoms with E-state index >= 15 is 0 Å². The van der Waals surface area contributed by atoms with Gasteiger partial charge in [-0.1, -0.05) is 30.9 Å². The molecule has 1 aromatic carbocycles. The molecule has 0 saturated carbocycles. The quantitative estimate of drug-likeness (QED) is 0.659. The summed E-state index contributed by atoms with van der Waals surface area (Å²) >= 11 is 0. The number of hydrogen-bond acceptors (Lipinski definition) is 5. The van der Waals surface area contributed by atoms with E-state index in [1.807, 2.05) is 18.2 Å². The maximum absolute atomic E-state index is 9.23. The van der Waals surface area contributed by atoms with Crippen molar-refractivity contribution in [1.82, 2.24) is 15.6 Å². The Morgan fingerprint density at radius 3 is 3.07 bits per heavy atom. The molecule has 0 radical (unpaired) electrons. The average Bonchev–Trinajstić information content (AvgIpc) is 3.24. The summed E-state index contributed by atoms with van der Waals surface area (Å²) in [6.07, 6.45) is 10.2. The highest BCUT2D eigenvalue weighted by atomic mass is 16.5. The van der Waals surface area contributed by atoms with Crippen LogP contribution in [0.3, 0.4) is 0 Å². The molecule has 1 unspecified atom stereocenters. The maximum atomic E-state index is 9.23. The summed E-state index contributed by atoms with van der Waals surface area (Å²) in [6, 6.07) is 10.1. The fourth-order valence-electron chi connectivity index (χ4n) is 3.26. The molecule has 0 bridgehead atoms. The van der Waals surface area contributed by atoms with Crippen LogP contribution in [0.25, 0.3) is 12.2 Å². The molecule has 0 aliphatic carbocycles. The lowest BCUT2D eigenvalue weighted by molar-refractivity contribution is 0.362. The maximum Gasteiger partial charge on any atom is 0.120 e. The van der Waals surface area contributed by atoms with Crippen molar-refractivity contribution in [2.45, 2.75) is 13.0 Å². The Balaban J connectivity index is 1.73. The Kier molecular flexibility index (Phi) is 7.36. The van der Waals surface area contributed by atoms with Crippen molar-refractivity contribution in [1.29, 1.82) is 5.26 Å². The van der Waals surface area contributed by atoms with Gasteiger partial charge in [0.1, 0.15) is 12.4 Å². The molecule has 0 amide bonds. The lowest BCUT2D eigenvalue weighted by Gasteiger charge is -2.12. The average molecular weight is 374 g/mol. The Morgan fingerprint density at radius 1 is 1.36 bits per heavy atom. The lowest BCUT2D eigenvalue weighted by atomic mass is 10.1. The van der Waals surface area contributed by atoms with Gasteiger partial charge in [-0.25, -0.2) is 0 Å². The molecule has 1 aliphatic heterocycles. The first-order valence-corrected chi connectivity index (χ1v) is 9.60. The predicted octanol–water partition coefficient (Wildman–Crippen LogP) is 3.39. The van der Waals surface area contributed by atoms with E-state index in [2.05, 4.69) is 40.4 Å². The molecule has 1 aromatic heterocycles. The van der Waals surface area contributed by atoms with Gasteiger partial charge in [0.15, 0.2) is 0 Å². The molecular weight excluding hydrogens is 348 g/mol. The molecule has 1 saturated heterocycles. The number of aromatic nitrogens is 1. The van der Waals surface area contributed by atoms with E-state index in [-0.39, 0.29) is 0 Å². The van der Waals surface area contributed by atoms with Crippen molar-refractivity contribution in [3.05, 3.63) is 71.6 Å². The lowest BCUT2D eigenvalue weighted by Crippen LogP contribution is -2.24. The fourth-order valence-corrected chi connectivity index (χ4v) is 3.26. The van der Waals surface area contributed by atoms with Crippen LogP contribution in [0, 0.1) is 17.2 Å². The van der Waals surface area contributed by atoms with E-state index in [0.29, 0.717) is 18.1 Å². The Labute approximate surface area is 166 Å². The van der Waals surface area contributed by atoms with Crippen LogP contribution in [0.15, 0.2) is 49.3 Å². The Bertz CT molecular complexity index is 863. The molecule has 0 spiro atoms. The van der Waals surface area contributed by atoms with Crippen molar-refractivity contribution < 1.29 is 4.74 Å². The number of nitrogens with one attached hydrogen (secondary N) is 2. The van der Waals surface area contributed by atoms with E-state index in [0.717, 1.165) is 43.1 Å². The van der Waals surface area contributed by atoms with Gasteiger partial charge < -0.3 is 15.4 Å². The number of benzene rings is 1. The minimum atomic E-state index is 0.467. The first-order chi connectivity index (χ1) is 13.8. The molecule has 2 aromatic rings. The largest absolute Gasteiger partial charge is 0.490 e. The summed E-state index contributed by atoms with van der Waals surface area (Å²) < 4.78 is 5.76. The second kappa shape index (κ2) is 10.4. The smallest absolute Gasteiger partial charge is 0.120 e. The third kappa shape index (κ3) is 5.78. The van der Waals surface area contributed by atoms with E-state index in [9.17, 15) is 5.26 Å². The van der Waals surface area contributed by atoms with Crippen LogP contribution in [0.2, 0.25) is 0 Å². The third-order valence-electron chi connectivity index (χ3n) is 4.71. The number of hydrogen-bond donors (Lipinski definition) is 2. The molecular formula is C23H26N4O. The highest BCUT2D eigenvalue weighted by molar-refractivity contribution is 5.72. The zero-order chi connectivity index (χ0) is 19.6. The van der Waals surface area contributed by atoms with Crippen LogP contribution in [-0.4, -0.2) is 31.2 Å². The van der Waals surface area contributed by atoms with Crippen molar-refractivity contribution in [3.8, 4) is 11.8 Å². The molecule has 1 atom stereocenters. The van der Waals surface area contributed by atoms with Crippen molar-refractivity contribution in [3.63, 3.8) is 0 Å². The molecule has 3 rings (SSSR count). The van der Waals surface area contributed by atoms with Crippen molar-refractivity contribution in [2.75, 3.05) is 26.2 Å². The van der Waals surface area contributed by atoms with E-state index in [1.165, 1.54) is 12.0 Å². The normalized spacial score (nSPS) is 16.2. The SMILES string of the molecule is C=CCOc1cc(/C=C/c2cnccc2C#N)cc(CNCC2CCNC2)c1. The number of pyridine rings is 1. The standard InChI is InChI=1S/C23H26N4O/c1-2-9-28-23-11-18(3-4-22-17-26-8-6-21(22)13-24)10-20(12-23)16-27-15-19-5-7-25-14-19/h2-4,6,8,10-12,17,19,25,27H,1,5,7,9,14-16H2/b4-3+. The minimum Gasteiger partial charge on any atom is -0.490 e. The second-order valence-corrected chi connectivity index (χ2v) is 6.91. The van der Waals surface area contributed by atoms with Gasteiger partial charge in [-0.15, -0.1) is 0 Å². The molecule has 144 valence electrons. The van der Waals surface area contributed by atoms with Gasteiger partial charge in [0.2, 0.25) is 0 Å². The van der Waals surface area contributed by atoms with Gasteiger partial charge in [-0.05, 0) is 61.3 Å². The van der Waals surface area contributed by atoms with E-state index in [4.69, 9.17) is 4.74 Å². The summed E-state index contributed by atoms with van der Waals surface area (Å²) in [7, 11) is 0. The third-order valence-corrected chi connectivity index (χ3v) is 4.71. The van der Waals surface area contributed by atoms with Gasteiger partial charge >= 0.3 is 0 Å². The van der Waals surface area contributed by atoms with Crippen LogP contribution in [0.4, 0.5) is 0 Å². The molecule has 5 nitrogen and oxygen atoms in total. The Morgan fingerprint density at radius 2 is 2.29 bits per heavy atom. The van der Waals surface area contributed by atoms with Crippen LogP contribution in [0.1, 0.15) is 28.7 Å². The molecule has 2 heterocycles. The highest BCUT2D eigenvalue weighted by Gasteiger charge is 2.13. The molecule has 1 fully saturated rings. The monoisotopic (exact) mass is 374 g/mol. The summed E-state index contributed by atoms with van der Waals surface area (Å²) in [5.74, 6) is 1.52. The molecule has 1 aliphatic rings. The summed E-state index contributed by atoms with van der Waals surface area (Å²) in [4.78, 5) is 4.11. The van der Waals surface area contributed by atoms with Gasteiger partial charge in [0, 0.05) is 24.5 Å². The molecule has 5 heteroatoms. The number of nitriles is 1. The van der Waals surface area contributed by atoms with Gasteiger partial charge in [-0.2, -0.15) is 5.26 Å². The summed E-state index contributed by atoms with van der Waals surface area (Å²) in [6.45, 7) is 8.19. The van der Waals surface area contributed by atoms with Crippen LogP contribution in [-0.2, 0) is 6.54 Å². The van der Waals surface area contributed by atoms with Crippen LogP contribution >= 0.6 is 0 Å². The predicted molar refractivity (Wildman–Crippen MR) is 113 cm³/mol. The van der Waals surface area contributed by atoms with E-state index < -0.39 is 0 Å². The zero-order valence-corrected chi connectivity index (χ0v) is 16.0. The van der Waals surface area contributed by atoms with Crippen LogP contribution < -0.4 is 15.4 Å². The van der Waals surface area contributed by atoms with E-state index in [1.54, 1.807) is 24.5 Å². The van der Waals surface area contributed by atoms with Gasteiger partial charge in [-0.3, -0.25) is 4.98 Å². The minimum absolute atomic E-state index is 0.467. The number of nitrogens with zero attached hydrogens (tertiary/aromatic N) is 2. The number of ether oxygens (including phenoxy) is 1.